The van der Waals surface area contributed by atoms with E-state index in [2.05, 4.69) is 11.6 Å². The molecule has 2 N–H and O–H groups in total. The quantitative estimate of drug-likeness (QED) is 0.770. The molecule has 112 valence electrons. The van der Waals surface area contributed by atoms with Crippen LogP contribution in [0.25, 0.3) is 0 Å². The lowest BCUT2D eigenvalue weighted by atomic mass is 10.1. The molecule has 1 aliphatic rings. The Kier molecular flexibility index (Phi) is 5.18. The molecule has 5 heteroatoms. The third-order valence-electron chi connectivity index (χ3n) is 3.82. The number of aliphatic hydroxyl groups excluding tert-OH is 1. The second-order valence-electron chi connectivity index (χ2n) is 5.14. The Balaban J connectivity index is 1.95. The molecule has 4 nitrogen and oxygen atoms in total. The summed E-state index contributed by atoms with van der Waals surface area (Å²) >= 11 is 1.91. The van der Waals surface area contributed by atoms with Gasteiger partial charge in [-0.25, -0.2) is 0 Å². The molecule has 0 amide bonds. The van der Waals surface area contributed by atoms with Gasteiger partial charge in [0.2, 0.25) is 0 Å². The number of benzene rings is 1. The fourth-order valence-corrected chi connectivity index (χ4v) is 3.00. The van der Waals surface area contributed by atoms with Gasteiger partial charge in [0.05, 0.1) is 20.3 Å². The summed E-state index contributed by atoms with van der Waals surface area (Å²) in [6, 6.07) is 5.48. The van der Waals surface area contributed by atoms with Crippen LogP contribution in [0.3, 0.4) is 0 Å². The first-order valence-corrected chi connectivity index (χ1v) is 8.02. The fourth-order valence-electron chi connectivity index (χ4n) is 2.24. The third-order valence-corrected chi connectivity index (χ3v) is 5.24. The van der Waals surface area contributed by atoms with E-state index >= 15 is 0 Å². The molecule has 1 aromatic carbocycles. The van der Waals surface area contributed by atoms with Crippen molar-refractivity contribution in [3.8, 4) is 11.5 Å². The first-order chi connectivity index (χ1) is 9.64. The van der Waals surface area contributed by atoms with E-state index in [9.17, 15) is 5.11 Å². The van der Waals surface area contributed by atoms with Crippen molar-refractivity contribution < 1.29 is 14.6 Å². The number of hydrogen-bond acceptors (Lipinski definition) is 5. The molecule has 20 heavy (non-hydrogen) atoms. The number of ether oxygens (including phenoxy) is 2. The average molecular weight is 297 g/mol. The van der Waals surface area contributed by atoms with Crippen LogP contribution in [0.1, 0.15) is 24.5 Å². The highest BCUT2D eigenvalue weighted by Crippen LogP contribution is 2.46. The summed E-state index contributed by atoms with van der Waals surface area (Å²) in [6.07, 6.45) is 4.08. The van der Waals surface area contributed by atoms with Crippen LogP contribution in [0.5, 0.6) is 11.5 Å². The number of rotatable bonds is 8. The summed E-state index contributed by atoms with van der Waals surface area (Å²) in [4.78, 5) is 0. The van der Waals surface area contributed by atoms with Crippen molar-refractivity contribution in [1.29, 1.82) is 0 Å². The molecular weight excluding hydrogens is 274 g/mol. The molecule has 1 saturated carbocycles. The molecule has 0 bridgehead atoms. The molecule has 1 aliphatic carbocycles. The van der Waals surface area contributed by atoms with E-state index < -0.39 is 6.10 Å². The van der Waals surface area contributed by atoms with Crippen LogP contribution in [0.4, 0.5) is 0 Å². The van der Waals surface area contributed by atoms with Crippen molar-refractivity contribution in [3.05, 3.63) is 23.8 Å². The Morgan fingerprint density at radius 2 is 2.10 bits per heavy atom. The van der Waals surface area contributed by atoms with E-state index in [0.717, 1.165) is 17.9 Å². The van der Waals surface area contributed by atoms with Gasteiger partial charge >= 0.3 is 0 Å². The third kappa shape index (κ3) is 3.59. The molecule has 0 spiro atoms. The fraction of sp³-hybridized carbons (Fsp3) is 0.600. The minimum Gasteiger partial charge on any atom is -0.497 e. The standard InChI is InChI=1S/C15H23NO3S/c1-18-11-4-5-14(19-2)12(8-11)13(17)9-16-10-15(20-3)6-7-15/h4-5,8,13,16-17H,6-7,9-10H2,1-3H3. The highest BCUT2D eigenvalue weighted by molar-refractivity contribution is 8.00. The second-order valence-corrected chi connectivity index (χ2v) is 6.42. The minimum absolute atomic E-state index is 0.401. The zero-order valence-electron chi connectivity index (χ0n) is 12.3. The van der Waals surface area contributed by atoms with Crippen LogP contribution >= 0.6 is 11.8 Å². The zero-order valence-corrected chi connectivity index (χ0v) is 13.1. The van der Waals surface area contributed by atoms with Gasteiger partial charge < -0.3 is 19.9 Å². The highest BCUT2D eigenvalue weighted by Gasteiger charge is 2.41. The molecule has 1 atom stereocenters. The van der Waals surface area contributed by atoms with E-state index in [1.165, 1.54) is 12.8 Å². The molecular formula is C15H23NO3S. The number of aliphatic hydroxyl groups is 1. The van der Waals surface area contributed by atoms with Crippen molar-refractivity contribution in [3.63, 3.8) is 0 Å². The smallest absolute Gasteiger partial charge is 0.124 e. The first kappa shape index (κ1) is 15.5. The van der Waals surface area contributed by atoms with Crippen molar-refractivity contribution >= 4 is 11.8 Å². The first-order valence-electron chi connectivity index (χ1n) is 6.80. The molecule has 1 aromatic rings. The van der Waals surface area contributed by atoms with E-state index in [0.29, 0.717) is 17.0 Å². The Labute approximate surface area is 124 Å². The van der Waals surface area contributed by atoms with Gasteiger partial charge in [-0.2, -0.15) is 11.8 Å². The normalized spacial score (nSPS) is 17.6. The van der Waals surface area contributed by atoms with Crippen molar-refractivity contribution in [2.75, 3.05) is 33.6 Å². The predicted molar refractivity (Wildman–Crippen MR) is 82.9 cm³/mol. The van der Waals surface area contributed by atoms with Crippen LogP contribution in [0.15, 0.2) is 18.2 Å². The van der Waals surface area contributed by atoms with Gasteiger partial charge in [-0.3, -0.25) is 0 Å². The van der Waals surface area contributed by atoms with Gasteiger partial charge in [-0.1, -0.05) is 0 Å². The molecule has 0 aromatic heterocycles. The Morgan fingerprint density at radius 1 is 1.35 bits per heavy atom. The van der Waals surface area contributed by atoms with Gasteiger partial charge in [0, 0.05) is 23.4 Å². The molecule has 1 unspecified atom stereocenters. The SMILES string of the molecule is COc1ccc(OC)c(C(O)CNCC2(SC)CC2)c1. The number of methoxy groups -OCH3 is 2. The maximum absolute atomic E-state index is 10.3. The summed E-state index contributed by atoms with van der Waals surface area (Å²) in [6.45, 7) is 1.46. The Hall–Kier alpha value is -0.910. The van der Waals surface area contributed by atoms with E-state index in [-0.39, 0.29) is 0 Å². The summed E-state index contributed by atoms with van der Waals surface area (Å²) in [5.74, 6) is 1.41. The zero-order chi connectivity index (χ0) is 14.6. The van der Waals surface area contributed by atoms with Gasteiger partial charge in [0.15, 0.2) is 0 Å². The summed E-state index contributed by atoms with van der Waals surface area (Å²) < 4.78 is 10.9. The number of nitrogens with one attached hydrogen (secondary N) is 1. The lowest BCUT2D eigenvalue weighted by Gasteiger charge is -2.18. The van der Waals surface area contributed by atoms with Crippen molar-refractivity contribution in [2.45, 2.75) is 23.7 Å². The van der Waals surface area contributed by atoms with E-state index in [4.69, 9.17) is 9.47 Å². The molecule has 0 heterocycles. The van der Waals surface area contributed by atoms with Crippen LogP contribution in [-0.2, 0) is 0 Å². The second kappa shape index (κ2) is 6.70. The lowest BCUT2D eigenvalue weighted by molar-refractivity contribution is 0.170. The van der Waals surface area contributed by atoms with Gasteiger partial charge in [-0.05, 0) is 37.3 Å². The van der Waals surface area contributed by atoms with Gasteiger partial charge in [-0.15, -0.1) is 0 Å². The molecule has 0 saturated heterocycles. The van der Waals surface area contributed by atoms with Gasteiger partial charge in [0.1, 0.15) is 11.5 Å². The topological polar surface area (TPSA) is 50.7 Å². The lowest BCUT2D eigenvalue weighted by Crippen LogP contribution is -2.29. The van der Waals surface area contributed by atoms with Crippen LogP contribution in [0.2, 0.25) is 0 Å². The highest BCUT2D eigenvalue weighted by atomic mass is 32.2. The van der Waals surface area contributed by atoms with Crippen molar-refractivity contribution in [1.82, 2.24) is 5.32 Å². The summed E-state index contributed by atoms with van der Waals surface area (Å²) in [5.41, 5.74) is 0.758. The minimum atomic E-state index is -0.599. The van der Waals surface area contributed by atoms with Crippen molar-refractivity contribution in [2.24, 2.45) is 0 Å². The predicted octanol–water partition coefficient (Wildman–Crippen LogP) is 2.22. The maximum Gasteiger partial charge on any atom is 0.124 e. The summed E-state index contributed by atoms with van der Waals surface area (Å²) in [7, 11) is 3.23. The van der Waals surface area contributed by atoms with E-state index in [1.54, 1.807) is 14.2 Å². The molecule has 1 fully saturated rings. The van der Waals surface area contributed by atoms with Crippen LogP contribution in [-0.4, -0.2) is 43.4 Å². The molecule has 2 rings (SSSR count). The maximum atomic E-state index is 10.3. The summed E-state index contributed by atoms with van der Waals surface area (Å²) in [5, 5.41) is 13.7. The van der Waals surface area contributed by atoms with Crippen LogP contribution in [0, 0.1) is 0 Å². The largest absolute Gasteiger partial charge is 0.497 e. The number of thioether (sulfide) groups is 1. The molecule has 0 aliphatic heterocycles. The average Bonchev–Trinajstić information content (AvgIpc) is 3.27. The van der Waals surface area contributed by atoms with Crippen LogP contribution < -0.4 is 14.8 Å². The Bertz CT molecular complexity index is 449. The molecule has 0 radical (unpaired) electrons. The Morgan fingerprint density at radius 3 is 2.65 bits per heavy atom. The monoisotopic (exact) mass is 297 g/mol. The van der Waals surface area contributed by atoms with E-state index in [1.807, 2.05) is 30.0 Å². The number of hydrogen-bond donors (Lipinski definition) is 2. The van der Waals surface area contributed by atoms with Gasteiger partial charge in [0.25, 0.3) is 0 Å².